The molecule has 0 saturated heterocycles. The van der Waals surface area contributed by atoms with Crippen LogP contribution in [0, 0.1) is 6.92 Å². The molecule has 1 aromatic rings. The Balaban J connectivity index is 1.66. The Bertz CT molecular complexity index is 441. The highest BCUT2D eigenvalue weighted by molar-refractivity contribution is 5.48. The van der Waals surface area contributed by atoms with E-state index in [0.717, 1.165) is 37.4 Å². The predicted octanol–water partition coefficient (Wildman–Crippen LogP) is 1.30. The molecule has 0 amide bonds. The first-order valence-electron chi connectivity index (χ1n) is 6.05. The largest absolute Gasteiger partial charge is 0.454 e. The monoisotopic (exact) mass is 234 g/mol. The zero-order valence-electron chi connectivity index (χ0n) is 10.1. The van der Waals surface area contributed by atoms with Crippen LogP contribution in [0.1, 0.15) is 24.0 Å². The molecule has 3 N–H and O–H groups in total. The van der Waals surface area contributed by atoms with Gasteiger partial charge < -0.3 is 20.5 Å². The van der Waals surface area contributed by atoms with Crippen molar-refractivity contribution in [3.05, 3.63) is 23.3 Å². The van der Waals surface area contributed by atoms with Crippen LogP contribution in [0.3, 0.4) is 0 Å². The van der Waals surface area contributed by atoms with E-state index in [2.05, 4.69) is 18.3 Å². The zero-order chi connectivity index (χ0) is 11.9. The molecule has 1 aromatic carbocycles. The van der Waals surface area contributed by atoms with Crippen molar-refractivity contribution in [1.82, 2.24) is 5.32 Å². The van der Waals surface area contributed by atoms with Crippen molar-refractivity contribution in [3.63, 3.8) is 0 Å². The van der Waals surface area contributed by atoms with E-state index in [9.17, 15) is 0 Å². The Morgan fingerprint density at radius 1 is 1.29 bits per heavy atom. The first-order chi connectivity index (χ1) is 8.16. The molecule has 1 aliphatic carbocycles. The summed E-state index contributed by atoms with van der Waals surface area (Å²) in [7, 11) is 0. The Hall–Kier alpha value is -1.26. The Kier molecular flexibility index (Phi) is 2.49. The van der Waals surface area contributed by atoms with Crippen LogP contribution < -0.4 is 20.5 Å². The average Bonchev–Trinajstić information content (AvgIpc) is 2.86. The molecule has 4 heteroatoms. The van der Waals surface area contributed by atoms with Gasteiger partial charge in [0.25, 0.3) is 0 Å². The van der Waals surface area contributed by atoms with Crippen LogP contribution in [0.15, 0.2) is 12.1 Å². The molecule has 4 nitrogen and oxygen atoms in total. The molecular formula is C13H18N2O2. The van der Waals surface area contributed by atoms with Crippen LogP contribution in [0.4, 0.5) is 0 Å². The molecule has 0 unspecified atom stereocenters. The van der Waals surface area contributed by atoms with Gasteiger partial charge in [0.05, 0.1) is 0 Å². The molecule has 1 aliphatic heterocycles. The molecule has 0 radical (unpaired) electrons. The maximum Gasteiger partial charge on any atom is 0.231 e. The number of fused-ring (bicyclic) bond motifs is 1. The topological polar surface area (TPSA) is 56.5 Å². The van der Waals surface area contributed by atoms with Gasteiger partial charge in [-0.05, 0) is 43.0 Å². The van der Waals surface area contributed by atoms with Gasteiger partial charge in [0.15, 0.2) is 11.5 Å². The normalized spacial score (nSPS) is 19.4. The molecule has 0 bridgehead atoms. The minimum absolute atomic E-state index is 0.0598. The number of ether oxygens (including phenoxy) is 2. The van der Waals surface area contributed by atoms with E-state index < -0.39 is 0 Å². The van der Waals surface area contributed by atoms with Gasteiger partial charge in [-0.3, -0.25) is 0 Å². The highest BCUT2D eigenvalue weighted by atomic mass is 16.7. The van der Waals surface area contributed by atoms with Crippen molar-refractivity contribution in [2.24, 2.45) is 5.73 Å². The molecule has 0 atom stereocenters. The third-order valence-corrected chi connectivity index (χ3v) is 3.52. The van der Waals surface area contributed by atoms with Gasteiger partial charge in [-0.15, -0.1) is 0 Å². The summed E-state index contributed by atoms with van der Waals surface area (Å²) in [6, 6.07) is 4.09. The van der Waals surface area contributed by atoms with E-state index in [1.165, 1.54) is 11.1 Å². The highest BCUT2D eigenvalue weighted by Crippen LogP contribution is 2.35. The van der Waals surface area contributed by atoms with E-state index in [0.29, 0.717) is 6.79 Å². The Morgan fingerprint density at radius 2 is 2.00 bits per heavy atom. The summed E-state index contributed by atoms with van der Waals surface area (Å²) in [6.45, 7) is 4.15. The van der Waals surface area contributed by atoms with Gasteiger partial charge in [0.2, 0.25) is 6.79 Å². The molecule has 0 spiro atoms. The summed E-state index contributed by atoms with van der Waals surface area (Å²) in [5.74, 6) is 1.70. The van der Waals surface area contributed by atoms with Gasteiger partial charge in [-0.1, -0.05) is 0 Å². The number of nitrogens with one attached hydrogen (secondary N) is 1. The lowest BCUT2D eigenvalue weighted by Crippen LogP contribution is -2.35. The molecular weight excluding hydrogens is 216 g/mol. The quantitative estimate of drug-likeness (QED) is 0.824. The van der Waals surface area contributed by atoms with Gasteiger partial charge in [0.1, 0.15) is 0 Å². The summed E-state index contributed by atoms with van der Waals surface area (Å²) in [5, 5.41) is 3.41. The zero-order valence-corrected chi connectivity index (χ0v) is 10.1. The first kappa shape index (κ1) is 10.9. The molecule has 0 aromatic heterocycles. The average molecular weight is 234 g/mol. The summed E-state index contributed by atoms with van der Waals surface area (Å²) < 4.78 is 10.7. The SMILES string of the molecule is Cc1cc2c(cc1CNCC1(N)CC1)OCO2. The van der Waals surface area contributed by atoms with Crippen molar-refractivity contribution in [3.8, 4) is 11.5 Å². The second-order valence-corrected chi connectivity index (χ2v) is 5.10. The molecule has 1 heterocycles. The highest BCUT2D eigenvalue weighted by Gasteiger charge is 2.37. The Labute approximate surface area is 101 Å². The van der Waals surface area contributed by atoms with E-state index in [-0.39, 0.29) is 5.54 Å². The lowest BCUT2D eigenvalue weighted by Gasteiger charge is -2.12. The van der Waals surface area contributed by atoms with Gasteiger partial charge >= 0.3 is 0 Å². The first-order valence-corrected chi connectivity index (χ1v) is 6.05. The predicted molar refractivity (Wildman–Crippen MR) is 65.2 cm³/mol. The minimum atomic E-state index is 0.0598. The van der Waals surface area contributed by atoms with Crippen LogP contribution in [0.5, 0.6) is 11.5 Å². The number of benzene rings is 1. The fourth-order valence-electron chi connectivity index (χ4n) is 2.06. The van der Waals surface area contributed by atoms with Crippen molar-refractivity contribution in [1.29, 1.82) is 0 Å². The van der Waals surface area contributed by atoms with E-state index in [1.807, 2.05) is 6.07 Å². The molecule has 3 rings (SSSR count). The summed E-state index contributed by atoms with van der Waals surface area (Å²) in [5.41, 5.74) is 8.57. The molecule has 1 fully saturated rings. The van der Waals surface area contributed by atoms with Crippen molar-refractivity contribution < 1.29 is 9.47 Å². The minimum Gasteiger partial charge on any atom is -0.454 e. The third-order valence-electron chi connectivity index (χ3n) is 3.52. The fraction of sp³-hybridized carbons (Fsp3) is 0.538. The van der Waals surface area contributed by atoms with Crippen molar-refractivity contribution >= 4 is 0 Å². The molecule has 17 heavy (non-hydrogen) atoms. The smallest absolute Gasteiger partial charge is 0.231 e. The second-order valence-electron chi connectivity index (χ2n) is 5.10. The Morgan fingerprint density at radius 3 is 2.71 bits per heavy atom. The lowest BCUT2D eigenvalue weighted by atomic mass is 10.1. The second kappa shape index (κ2) is 3.89. The third kappa shape index (κ3) is 2.23. The van der Waals surface area contributed by atoms with Crippen LogP contribution in [-0.4, -0.2) is 18.9 Å². The van der Waals surface area contributed by atoms with E-state index >= 15 is 0 Å². The van der Waals surface area contributed by atoms with Crippen LogP contribution >= 0.6 is 0 Å². The maximum atomic E-state index is 6.03. The summed E-state index contributed by atoms with van der Waals surface area (Å²) in [6.07, 6.45) is 2.28. The van der Waals surface area contributed by atoms with E-state index in [1.54, 1.807) is 0 Å². The van der Waals surface area contributed by atoms with E-state index in [4.69, 9.17) is 15.2 Å². The summed E-state index contributed by atoms with van der Waals surface area (Å²) >= 11 is 0. The standard InChI is InChI=1S/C13H18N2O2/c1-9-4-11-12(17-8-16-11)5-10(9)6-15-7-13(14)2-3-13/h4-5,15H,2-3,6-8,14H2,1H3. The van der Waals surface area contributed by atoms with Gasteiger partial charge in [0, 0.05) is 18.6 Å². The van der Waals surface area contributed by atoms with Crippen LogP contribution in [0.2, 0.25) is 0 Å². The molecule has 1 saturated carbocycles. The number of nitrogens with two attached hydrogens (primary N) is 1. The molecule has 92 valence electrons. The fourth-order valence-corrected chi connectivity index (χ4v) is 2.06. The number of rotatable bonds is 4. The van der Waals surface area contributed by atoms with Crippen LogP contribution in [-0.2, 0) is 6.54 Å². The van der Waals surface area contributed by atoms with Crippen molar-refractivity contribution in [2.75, 3.05) is 13.3 Å². The van der Waals surface area contributed by atoms with Crippen molar-refractivity contribution in [2.45, 2.75) is 31.8 Å². The lowest BCUT2D eigenvalue weighted by molar-refractivity contribution is 0.174. The number of hydrogen-bond acceptors (Lipinski definition) is 4. The van der Waals surface area contributed by atoms with Gasteiger partial charge in [-0.25, -0.2) is 0 Å². The number of hydrogen-bond donors (Lipinski definition) is 2. The maximum absolute atomic E-state index is 6.03. The summed E-state index contributed by atoms with van der Waals surface area (Å²) in [4.78, 5) is 0. The van der Waals surface area contributed by atoms with Gasteiger partial charge in [-0.2, -0.15) is 0 Å². The molecule has 2 aliphatic rings. The van der Waals surface area contributed by atoms with Crippen LogP contribution in [0.25, 0.3) is 0 Å². The number of aryl methyl sites for hydroxylation is 1.